The summed E-state index contributed by atoms with van der Waals surface area (Å²) in [6.45, 7) is 0.129. The lowest BCUT2D eigenvalue weighted by atomic mass is 10.0. The first-order chi connectivity index (χ1) is 7.81. The van der Waals surface area contributed by atoms with Crippen LogP contribution in [-0.2, 0) is 0 Å². The van der Waals surface area contributed by atoms with Crippen LogP contribution in [0.2, 0.25) is 0 Å². The van der Waals surface area contributed by atoms with Crippen LogP contribution in [0.15, 0.2) is 41.8 Å². The highest BCUT2D eigenvalue weighted by molar-refractivity contribution is 7.13. The second-order valence-electron chi connectivity index (χ2n) is 3.72. The summed E-state index contributed by atoms with van der Waals surface area (Å²) in [5, 5.41) is 10.9. The Bertz CT molecular complexity index is 439. The van der Waals surface area contributed by atoms with E-state index < -0.39 is 0 Å². The molecule has 0 radical (unpaired) electrons. The van der Waals surface area contributed by atoms with Gasteiger partial charge in [0, 0.05) is 17.5 Å². The maximum absolute atomic E-state index is 8.87. The van der Waals surface area contributed by atoms with Gasteiger partial charge in [0.2, 0.25) is 0 Å². The maximum atomic E-state index is 8.87. The van der Waals surface area contributed by atoms with Crippen molar-refractivity contribution in [3.63, 3.8) is 0 Å². The van der Waals surface area contributed by atoms with Crippen molar-refractivity contribution in [1.29, 1.82) is 0 Å². The number of nitrogens with two attached hydrogens (primary N) is 1. The number of hydrogen-bond acceptors (Lipinski definition) is 3. The van der Waals surface area contributed by atoms with E-state index in [0.29, 0.717) is 6.42 Å². The van der Waals surface area contributed by atoms with Gasteiger partial charge in [-0.3, -0.25) is 0 Å². The molecule has 0 fully saturated rings. The molecule has 0 saturated heterocycles. The largest absolute Gasteiger partial charge is 0.396 e. The molecule has 2 nitrogen and oxygen atoms in total. The van der Waals surface area contributed by atoms with Crippen LogP contribution >= 0.6 is 11.3 Å². The van der Waals surface area contributed by atoms with Gasteiger partial charge in [-0.1, -0.05) is 24.3 Å². The molecule has 3 heteroatoms. The molecule has 0 aliphatic carbocycles. The average Bonchev–Trinajstić information content (AvgIpc) is 2.83. The SMILES string of the molecule is NC(CCO)c1cccc(-c2cccs2)c1. The molecule has 2 rings (SSSR count). The lowest BCUT2D eigenvalue weighted by Gasteiger charge is -2.11. The molecule has 0 spiro atoms. The fraction of sp³-hybridized carbons (Fsp3) is 0.231. The highest BCUT2D eigenvalue weighted by Crippen LogP contribution is 2.27. The van der Waals surface area contributed by atoms with Crippen LogP contribution in [-0.4, -0.2) is 11.7 Å². The molecule has 84 valence electrons. The van der Waals surface area contributed by atoms with E-state index in [1.807, 2.05) is 18.2 Å². The van der Waals surface area contributed by atoms with Crippen molar-refractivity contribution in [2.24, 2.45) is 5.73 Å². The number of aliphatic hydroxyl groups excluding tert-OH is 1. The normalized spacial score (nSPS) is 12.6. The summed E-state index contributed by atoms with van der Waals surface area (Å²) in [6.07, 6.45) is 0.605. The fourth-order valence-electron chi connectivity index (χ4n) is 1.67. The van der Waals surface area contributed by atoms with Gasteiger partial charge in [0.25, 0.3) is 0 Å². The molecule has 1 aromatic heterocycles. The smallest absolute Gasteiger partial charge is 0.0449 e. The zero-order valence-corrected chi connectivity index (χ0v) is 9.78. The monoisotopic (exact) mass is 233 g/mol. The molecular weight excluding hydrogens is 218 g/mol. The highest BCUT2D eigenvalue weighted by Gasteiger charge is 2.06. The molecule has 0 aliphatic rings. The number of hydrogen-bond donors (Lipinski definition) is 2. The molecule has 1 unspecified atom stereocenters. The predicted molar refractivity (Wildman–Crippen MR) is 68.4 cm³/mol. The van der Waals surface area contributed by atoms with Crippen molar-refractivity contribution < 1.29 is 5.11 Å². The molecule has 2 aromatic rings. The van der Waals surface area contributed by atoms with E-state index in [1.165, 1.54) is 10.4 Å². The van der Waals surface area contributed by atoms with Crippen molar-refractivity contribution in [2.45, 2.75) is 12.5 Å². The van der Waals surface area contributed by atoms with Crippen LogP contribution in [0.1, 0.15) is 18.0 Å². The number of rotatable bonds is 4. The zero-order chi connectivity index (χ0) is 11.4. The van der Waals surface area contributed by atoms with Gasteiger partial charge in [-0.05, 0) is 35.1 Å². The Morgan fingerprint density at radius 2 is 2.12 bits per heavy atom. The summed E-state index contributed by atoms with van der Waals surface area (Å²) in [5.41, 5.74) is 8.25. The van der Waals surface area contributed by atoms with E-state index in [0.717, 1.165) is 5.56 Å². The predicted octanol–water partition coefficient (Wildman–Crippen LogP) is 2.80. The summed E-state index contributed by atoms with van der Waals surface area (Å²) in [5.74, 6) is 0. The Morgan fingerprint density at radius 1 is 1.25 bits per heavy atom. The summed E-state index contributed by atoms with van der Waals surface area (Å²) < 4.78 is 0. The van der Waals surface area contributed by atoms with Crippen molar-refractivity contribution in [1.82, 2.24) is 0 Å². The Kier molecular flexibility index (Phi) is 3.72. The van der Waals surface area contributed by atoms with E-state index >= 15 is 0 Å². The van der Waals surface area contributed by atoms with E-state index in [4.69, 9.17) is 10.8 Å². The Hall–Kier alpha value is -1.16. The average molecular weight is 233 g/mol. The zero-order valence-electron chi connectivity index (χ0n) is 8.97. The Balaban J connectivity index is 2.26. The molecule has 16 heavy (non-hydrogen) atoms. The highest BCUT2D eigenvalue weighted by atomic mass is 32.1. The summed E-state index contributed by atoms with van der Waals surface area (Å²) in [4.78, 5) is 1.25. The van der Waals surface area contributed by atoms with Crippen LogP contribution in [0.3, 0.4) is 0 Å². The van der Waals surface area contributed by atoms with Crippen molar-refractivity contribution in [3.8, 4) is 10.4 Å². The van der Waals surface area contributed by atoms with Crippen LogP contribution in [0, 0.1) is 0 Å². The van der Waals surface area contributed by atoms with Crippen LogP contribution < -0.4 is 5.73 Å². The van der Waals surface area contributed by atoms with Gasteiger partial charge >= 0.3 is 0 Å². The third-order valence-corrected chi connectivity index (χ3v) is 3.48. The number of aliphatic hydroxyl groups is 1. The molecule has 1 atom stereocenters. The van der Waals surface area contributed by atoms with Crippen molar-refractivity contribution in [2.75, 3.05) is 6.61 Å². The molecule has 0 amide bonds. The topological polar surface area (TPSA) is 46.2 Å². The fourth-order valence-corrected chi connectivity index (χ4v) is 2.40. The lowest BCUT2D eigenvalue weighted by Crippen LogP contribution is -2.11. The molecule has 0 saturated carbocycles. The second kappa shape index (κ2) is 5.25. The minimum Gasteiger partial charge on any atom is -0.396 e. The van der Waals surface area contributed by atoms with Crippen LogP contribution in [0.4, 0.5) is 0 Å². The van der Waals surface area contributed by atoms with Crippen LogP contribution in [0.5, 0.6) is 0 Å². The van der Waals surface area contributed by atoms with Gasteiger partial charge in [0.15, 0.2) is 0 Å². The Morgan fingerprint density at radius 3 is 2.81 bits per heavy atom. The third kappa shape index (κ3) is 2.50. The number of thiophene rings is 1. The van der Waals surface area contributed by atoms with Crippen LogP contribution in [0.25, 0.3) is 10.4 Å². The number of benzene rings is 1. The van der Waals surface area contributed by atoms with E-state index in [2.05, 4.69) is 23.6 Å². The lowest BCUT2D eigenvalue weighted by molar-refractivity contribution is 0.276. The van der Waals surface area contributed by atoms with Gasteiger partial charge in [0.1, 0.15) is 0 Å². The minimum atomic E-state index is -0.0788. The summed E-state index contributed by atoms with van der Waals surface area (Å²) >= 11 is 1.72. The van der Waals surface area contributed by atoms with E-state index in [1.54, 1.807) is 11.3 Å². The first kappa shape index (κ1) is 11.3. The molecule has 1 heterocycles. The van der Waals surface area contributed by atoms with E-state index in [9.17, 15) is 0 Å². The molecule has 0 aliphatic heterocycles. The van der Waals surface area contributed by atoms with Gasteiger partial charge in [-0.2, -0.15) is 0 Å². The van der Waals surface area contributed by atoms with Crippen molar-refractivity contribution in [3.05, 3.63) is 47.3 Å². The molecule has 1 aromatic carbocycles. The standard InChI is InChI=1S/C13H15NOS/c14-12(6-7-15)10-3-1-4-11(9-10)13-5-2-8-16-13/h1-5,8-9,12,15H,6-7,14H2. The van der Waals surface area contributed by atoms with Gasteiger partial charge in [-0.15, -0.1) is 11.3 Å². The first-order valence-corrected chi connectivity index (χ1v) is 6.19. The first-order valence-electron chi connectivity index (χ1n) is 5.31. The third-order valence-electron chi connectivity index (χ3n) is 2.56. The quantitative estimate of drug-likeness (QED) is 0.853. The van der Waals surface area contributed by atoms with Crippen molar-refractivity contribution >= 4 is 11.3 Å². The molecular formula is C13H15NOS. The van der Waals surface area contributed by atoms with Gasteiger partial charge in [0.05, 0.1) is 0 Å². The van der Waals surface area contributed by atoms with Gasteiger partial charge in [-0.25, -0.2) is 0 Å². The van der Waals surface area contributed by atoms with E-state index in [-0.39, 0.29) is 12.6 Å². The molecule has 0 bridgehead atoms. The molecule has 3 N–H and O–H groups in total. The Labute approximate surface area is 99.4 Å². The summed E-state index contributed by atoms with van der Waals surface area (Å²) in [7, 11) is 0. The maximum Gasteiger partial charge on any atom is 0.0449 e. The van der Waals surface area contributed by atoms with Gasteiger partial charge < -0.3 is 10.8 Å². The minimum absolute atomic E-state index is 0.0788. The summed E-state index contributed by atoms with van der Waals surface area (Å²) in [6, 6.07) is 12.3. The second-order valence-corrected chi connectivity index (χ2v) is 4.67.